The summed E-state index contributed by atoms with van der Waals surface area (Å²) in [6, 6.07) is 14.3. The number of ether oxygens (including phenoxy) is 1. The van der Waals surface area contributed by atoms with Gasteiger partial charge in [-0.1, -0.05) is 55.3 Å². The number of benzene rings is 2. The number of carbonyl (C=O) groups is 2. The molecule has 0 aliphatic carbocycles. The second-order valence-electron chi connectivity index (χ2n) is 5.84. The number of hydrogen-bond donors (Lipinski definition) is 0. The minimum absolute atomic E-state index is 0.156. The number of methoxy groups -OCH3 is 1. The first-order valence-corrected chi connectivity index (χ1v) is 8.26. The SMILES string of the molecule is COC(=O)CCCCCCC(=O)Cc1cccc2ccccc12. The minimum Gasteiger partial charge on any atom is -0.469 e. The van der Waals surface area contributed by atoms with Gasteiger partial charge in [0.15, 0.2) is 0 Å². The monoisotopic (exact) mass is 312 g/mol. The van der Waals surface area contributed by atoms with Crippen molar-refractivity contribution in [2.75, 3.05) is 7.11 Å². The van der Waals surface area contributed by atoms with Crippen LogP contribution in [0.15, 0.2) is 42.5 Å². The minimum atomic E-state index is -0.156. The average molecular weight is 312 g/mol. The summed E-state index contributed by atoms with van der Waals surface area (Å²) in [5, 5.41) is 2.35. The lowest BCUT2D eigenvalue weighted by molar-refractivity contribution is -0.140. The maximum atomic E-state index is 12.2. The lowest BCUT2D eigenvalue weighted by Crippen LogP contribution is -2.03. The van der Waals surface area contributed by atoms with Gasteiger partial charge in [0, 0.05) is 19.3 Å². The third-order valence-corrected chi connectivity index (χ3v) is 4.08. The van der Waals surface area contributed by atoms with Gasteiger partial charge >= 0.3 is 5.97 Å². The van der Waals surface area contributed by atoms with E-state index in [1.165, 1.54) is 17.9 Å². The van der Waals surface area contributed by atoms with E-state index in [2.05, 4.69) is 22.9 Å². The summed E-state index contributed by atoms with van der Waals surface area (Å²) in [5.41, 5.74) is 1.11. The van der Waals surface area contributed by atoms with E-state index in [0.29, 0.717) is 19.3 Å². The molecule has 0 amide bonds. The van der Waals surface area contributed by atoms with Gasteiger partial charge in [0.2, 0.25) is 0 Å². The van der Waals surface area contributed by atoms with Gasteiger partial charge in [0.1, 0.15) is 5.78 Å². The lowest BCUT2D eigenvalue weighted by atomic mass is 9.98. The zero-order chi connectivity index (χ0) is 16.5. The molecule has 2 aromatic carbocycles. The van der Waals surface area contributed by atoms with E-state index in [1.54, 1.807) is 0 Å². The first-order valence-electron chi connectivity index (χ1n) is 8.26. The number of unbranched alkanes of at least 4 members (excludes halogenated alkanes) is 3. The predicted molar refractivity (Wildman–Crippen MR) is 92.4 cm³/mol. The van der Waals surface area contributed by atoms with Crippen LogP contribution in [0.4, 0.5) is 0 Å². The number of carbonyl (C=O) groups excluding carboxylic acids is 2. The maximum absolute atomic E-state index is 12.2. The fourth-order valence-electron chi connectivity index (χ4n) is 2.79. The number of rotatable bonds is 9. The molecule has 3 nitrogen and oxygen atoms in total. The van der Waals surface area contributed by atoms with Crippen LogP contribution in [0, 0.1) is 0 Å². The molecule has 2 aromatic rings. The van der Waals surface area contributed by atoms with E-state index < -0.39 is 0 Å². The summed E-state index contributed by atoms with van der Waals surface area (Å²) in [5.74, 6) is 0.131. The van der Waals surface area contributed by atoms with Crippen molar-refractivity contribution in [1.82, 2.24) is 0 Å². The van der Waals surface area contributed by atoms with E-state index >= 15 is 0 Å². The molecule has 0 saturated heterocycles. The van der Waals surface area contributed by atoms with Gasteiger partial charge < -0.3 is 4.74 Å². The van der Waals surface area contributed by atoms with Gasteiger partial charge in [0.25, 0.3) is 0 Å². The molecule has 0 aliphatic heterocycles. The summed E-state index contributed by atoms with van der Waals surface area (Å²) in [4.78, 5) is 23.2. The summed E-state index contributed by atoms with van der Waals surface area (Å²) >= 11 is 0. The number of hydrogen-bond acceptors (Lipinski definition) is 3. The highest BCUT2D eigenvalue weighted by Gasteiger charge is 2.07. The predicted octanol–water partition coefficient (Wildman–Crippen LogP) is 4.47. The summed E-state index contributed by atoms with van der Waals surface area (Å²) in [6.45, 7) is 0. The van der Waals surface area contributed by atoms with Gasteiger partial charge in [-0.3, -0.25) is 9.59 Å². The Balaban J connectivity index is 1.73. The number of fused-ring (bicyclic) bond motifs is 1. The van der Waals surface area contributed by atoms with Crippen molar-refractivity contribution in [1.29, 1.82) is 0 Å². The standard InChI is InChI=1S/C20H24O3/c1-23-20(22)14-5-3-2-4-12-18(21)15-17-11-8-10-16-9-6-7-13-19(16)17/h6-11,13H,2-5,12,14-15H2,1H3. The molecule has 0 spiro atoms. The van der Waals surface area contributed by atoms with Crippen LogP contribution in [0.3, 0.4) is 0 Å². The van der Waals surface area contributed by atoms with Crippen molar-refractivity contribution in [3.05, 3.63) is 48.0 Å². The van der Waals surface area contributed by atoms with Gasteiger partial charge in [-0.25, -0.2) is 0 Å². The zero-order valence-corrected chi connectivity index (χ0v) is 13.7. The largest absolute Gasteiger partial charge is 0.469 e. The van der Waals surface area contributed by atoms with Crippen LogP contribution >= 0.6 is 0 Å². The molecule has 0 saturated carbocycles. The van der Waals surface area contributed by atoms with Crippen LogP contribution in [-0.2, 0) is 20.7 Å². The Kier molecular flexibility index (Phi) is 6.79. The van der Waals surface area contributed by atoms with Gasteiger partial charge in [-0.15, -0.1) is 0 Å². The van der Waals surface area contributed by atoms with Crippen LogP contribution < -0.4 is 0 Å². The first-order chi connectivity index (χ1) is 11.2. The molecule has 0 aliphatic rings. The van der Waals surface area contributed by atoms with Crippen LogP contribution in [0.25, 0.3) is 10.8 Å². The molecule has 0 bridgehead atoms. The zero-order valence-electron chi connectivity index (χ0n) is 13.7. The highest BCUT2D eigenvalue weighted by molar-refractivity contribution is 5.90. The first kappa shape index (κ1) is 17.2. The molecule has 0 N–H and O–H groups in total. The van der Waals surface area contributed by atoms with Crippen molar-refractivity contribution >= 4 is 22.5 Å². The molecule has 0 unspecified atom stereocenters. The lowest BCUT2D eigenvalue weighted by Gasteiger charge is -2.06. The van der Waals surface area contributed by atoms with Crippen LogP contribution in [0.2, 0.25) is 0 Å². The summed E-state index contributed by atoms with van der Waals surface area (Å²) < 4.78 is 4.60. The van der Waals surface area contributed by atoms with Crippen molar-refractivity contribution in [2.24, 2.45) is 0 Å². The molecule has 23 heavy (non-hydrogen) atoms. The quantitative estimate of drug-likeness (QED) is 0.507. The molecule has 2 rings (SSSR count). The van der Waals surface area contributed by atoms with Crippen molar-refractivity contribution in [3.8, 4) is 0 Å². The fraction of sp³-hybridized carbons (Fsp3) is 0.400. The smallest absolute Gasteiger partial charge is 0.305 e. The van der Waals surface area contributed by atoms with Gasteiger partial charge in [-0.2, -0.15) is 0 Å². The Morgan fingerprint density at radius 1 is 0.870 bits per heavy atom. The molecule has 0 fully saturated rings. The Morgan fingerprint density at radius 2 is 1.57 bits per heavy atom. The third-order valence-electron chi connectivity index (χ3n) is 4.08. The molecular weight excluding hydrogens is 288 g/mol. The van der Waals surface area contributed by atoms with Gasteiger partial charge in [0.05, 0.1) is 7.11 Å². The number of ketones is 1. The average Bonchev–Trinajstić information content (AvgIpc) is 2.58. The molecule has 3 heteroatoms. The van der Waals surface area contributed by atoms with E-state index in [4.69, 9.17) is 0 Å². The van der Waals surface area contributed by atoms with Crippen LogP contribution in [0.1, 0.15) is 44.1 Å². The molecule has 122 valence electrons. The van der Waals surface area contributed by atoms with E-state index in [-0.39, 0.29) is 11.8 Å². The van der Waals surface area contributed by atoms with E-state index in [0.717, 1.165) is 31.2 Å². The fourth-order valence-corrected chi connectivity index (χ4v) is 2.79. The Hall–Kier alpha value is -2.16. The summed E-state index contributed by atoms with van der Waals surface area (Å²) in [6.07, 6.45) is 5.27. The Labute approximate surface area is 137 Å². The number of Topliss-reactive ketones (excluding diaryl/α,β-unsaturated/α-hetero) is 1. The Morgan fingerprint density at radius 3 is 2.35 bits per heavy atom. The van der Waals surface area contributed by atoms with Crippen LogP contribution in [0.5, 0.6) is 0 Å². The normalized spacial score (nSPS) is 10.7. The second-order valence-corrected chi connectivity index (χ2v) is 5.84. The van der Waals surface area contributed by atoms with Crippen molar-refractivity contribution in [3.63, 3.8) is 0 Å². The topological polar surface area (TPSA) is 43.4 Å². The Bertz CT molecular complexity index is 655. The maximum Gasteiger partial charge on any atom is 0.305 e. The molecule has 0 radical (unpaired) electrons. The van der Waals surface area contributed by atoms with Crippen molar-refractivity contribution in [2.45, 2.75) is 44.9 Å². The number of esters is 1. The van der Waals surface area contributed by atoms with E-state index in [9.17, 15) is 9.59 Å². The second kappa shape index (κ2) is 9.09. The molecule has 0 heterocycles. The highest BCUT2D eigenvalue weighted by Crippen LogP contribution is 2.19. The van der Waals surface area contributed by atoms with Gasteiger partial charge in [-0.05, 0) is 29.2 Å². The highest BCUT2D eigenvalue weighted by atomic mass is 16.5. The van der Waals surface area contributed by atoms with Crippen LogP contribution in [-0.4, -0.2) is 18.9 Å². The molecule has 0 atom stereocenters. The third kappa shape index (κ3) is 5.51. The van der Waals surface area contributed by atoms with E-state index in [1.807, 2.05) is 24.3 Å². The molecular formula is C20H24O3. The van der Waals surface area contributed by atoms with Crippen molar-refractivity contribution < 1.29 is 14.3 Å². The molecule has 0 aromatic heterocycles. The summed E-state index contributed by atoms with van der Waals surface area (Å²) in [7, 11) is 1.41.